The van der Waals surface area contributed by atoms with E-state index < -0.39 is 0 Å². The Morgan fingerprint density at radius 1 is 1.42 bits per heavy atom. The third-order valence-corrected chi connectivity index (χ3v) is 4.16. The van der Waals surface area contributed by atoms with Gasteiger partial charge in [-0.2, -0.15) is 0 Å². The molecular weight excluding hydrogens is 258 g/mol. The van der Waals surface area contributed by atoms with Gasteiger partial charge in [0.05, 0.1) is 17.7 Å². The van der Waals surface area contributed by atoms with Crippen molar-refractivity contribution in [2.24, 2.45) is 5.73 Å². The molecule has 2 aromatic rings. The summed E-state index contributed by atoms with van der Waals surface area (Å²) >= 11 is 1.58. The molecule has 1 atom stereocenters. The first-order chi connectivity index (χ1) is 9.06. The maximum absolute atomic E-state index is 6.05. The third kappa shape index (κ3) is 2.72. The molecule has 1 aromatic carbocycles. The van der Waals surface area contributed by atoms with Gasteiger partial charge in [0.2, 0.25) is 0 Å². The Hall–Kier alpha value is -1.59. The van der Waals surface area contributed by atoms with Crippen molar-refractivity contribution in [3.8, 4) is 17.0 Å². The number of hydrogen-bond acceptors (Lipinski definition) is 5. The van der Waals surface area contributed by atoms with Gasteiger partial charge in [-0.1, -0.05) is 23.0 Å². The number of ether oxygens (including phenoxy) is 1. The molecule has 1 unspecified atom stereocenters. The maximum atomic E-state index is 6.05. The van der Waals surface area contributed by atoms with Gasteiger partial charge in [0.25, 0.3) is 0 Å². The van der Waals surface area contributed by atoms with E-state index in [0.29, 0.717) is 0 Å². The van der Waals surface area contributed by atoms with Gasteiger partial charge >= 0.3 is 0 Å². The molecule has 1 heterocycles. The van der Waals surface area contributed by atoms with Crippen LogP contribution in [0.25, 0.3) is 11.3 Å². The molecular formula is C14H19N3OS. The molecule has 0 radical (unpaired) electrons. The molecule has 0 bridgehead atoms. The summed E-state index contributed by atoms with van der Waals surface area (Å²) in [6.45, 7) is 4.03. The van der Waals surface area contributed by atoms with Crippen LogP contribution in [0.3, 0.4) is 0 Å². The van der Waals surface area contributed by atoms with E-state index in [1.165, 1.54) is 5.56 Å². The first kappa shape index (κ1) is 13.8. The third-order valence-electron chi connectivity index (χ3n) is 2.89. The summed E-state index contributed by atoms with van der Waals surface area (Å²) in [5.41, 5.74) is 9.12. The first-order valence-electron chi connectivity index (χ1n) is 6.16. The molecule has 0 aliphatic carbocycles. The van der Waals surface area contributed by atoms with Gasteiger partial charge in [-0.25, -0.2) is 4.98 Å². The molecule has 2 rings (SSSR count). The van der Waals surface area contributed by atoms with Crippen LogP contribution in [0.15, 0.2) is 18.2 Å². The number of nitrogens with zero attached hydrogens (tertiary/aromatic N) is 1. The smallest absolute Gasteiger partial charge is 0.183 e. The Balaban J connectivity index is 2.63. The lowest BCUT2D eigenvalue weighted by atomic mass is 10.0. The number of hydrogen-bond donors (Lipinski definition) is 2. The second kappa shape index (κ2) is 5.59. The molecule has 0 spiro atoms. The Bertz CT molecular complexity index is 578. The quantitative estimate of drug-likeness (QED) is 0.901. The van der Waals surface area contributed by atoms with Gasteiger partial charge < -0.3 is 15.8 Å². The van der Waals surface area contributed by atoms with Crippen LogP contribution >= 0.6 is 11.3 Å². The van der Waals surface area contributed by atoms with Gasteiger partial charge in [-0.05, 0) is 26.0 Å². The number of nitrogens with two attached hydrogens (primary N) is 1. The lowest BCUT2D eigenvalue weighted by molar-refractivity contribution is 0.416. The van der Waals surface area contributed by atoms with Crippen LogP contribution in [0.2, 0.25) is 0 Å². The van der Waals surface area contributed by atoms with Crippen LogP contribution in [0.5, 0.6) is 5.75 Å². The van der Waals surface area contributed by atoms with E-state index in [4.69, 9.17) is 10.5 Å². The molecule has 0 saturated heterocycles. The highest BCUT2D eigenvalue weighted by Gasteiger charge is 2.18. The predicted octanol–water partition coefficient (Wildman–Crippen LogP) is 3.19. The number of aromatic nitrogens is 1. The Morgan fingerprint density at radius 3 is 2.74 bits per heavy atom. The molecule has 0 aliphatic heterocycles. The molecule has 5 heteroatoms. The van der Waals surface area contributed by atoms with E-state index in [1.54, 1.807) is 18.4 Å². The number of rotatable bonds is 4. The van der Waals surface area contributed by atoms with Crippen LogP contribution in [-0.2, 0) is 0 Å². The SMILES string of the molecule is CNc1nc(-c2cc(C)ccc2OC)c(C(C)N)s1. The second-order valence-corrected chi connectivity index (χ2v) is 5.50. The number of benzene rings is 1. The molecule has 0 amide bonds. The van der Waals surface area contributed by atoms with Crippen molar-refractivity contribution in [2.45, 2.75) is 19.9 Å². The van der Waals surface area contributed by atoms with Gasteiger partial charge in [-0.15, -0.1) is 0 Å². The minimum Gasteiger partial charge on any atom is -0.496 e. The van der Waals surface area contributed by atoms with Gasteiger partial charge in [0.1, 0.15) is 5.75 Å². The van der Waals surface area contributed by atoms with Crippen molar-refractivity contribution >= 4 is 16.5 Å². The predicted molar refractivity (Wildman–Crippen MR) is 81.0 cm³/mol. The molecule has 102 valence electrons. The summed E-state index contributed by atoms with van der Waals surface area (Å²) in [6, 6.07) is 6.02. The largest absolute Gasteiger partial charge is 0.496 e. The van der Waals surface area contributed by atoms with E-state index in [0.717, 1.165) is 27.0 Å². The molecule has 3 N–H and O–H groups in total. The summed E-state index contributed by atoms with van der Waals surface area (Å²) in [5.74, 6) is 0.820. The van der Waals surface area contributed by atoms with Crippen molar-refractivity contribution in [3.05, 3.63) is 28.6 Å². The summed E-state index contributed by atoms with van der Waals surface area (Å²) in [4.78, 5) is 5.68. The number of thiazole rings is 1. The fourth-order valence-electron chi connectivity index (χ4n) is 1.95. The van der Waals surface area contributed by atoms with E-state index >= 15 is 0 Å². The van der Waals surface area contributed by atoms with Crippen molar-refractivity contribution in [1.82, 2.24) is 4.98 Å². The van der Waals surface area contributed by atoms with Crippen molar-refractivity contribution in [3.63, 3.8) is 0 Å². The molecule has 0 fully saturated rings. The molecule has 1 aromatic heterocycles. The number of anilines is 1. The van der Waals surface area contributed by atoms with E-state index in [-0.39, 0.29) is 6.04 Å². The Morgan fingerprint density at radius 2 is 2.16 bits per heavy atom. The summed E-state index contributed by atoms with van der Waals surface area (Å²) in [7, 11) is 3.53. The Labute approximate surface area is 117 Å². The monoisotopic (exact) mass is 277 g/mol. The van der Waals surface area contributed by atoms with E-state index in [9.17, 15) is 0 Å². The number of nitrogens with one attached hydrogen (secondary N) is 1. The van der Waals surface area contributed by atoms with E-state index in [1.807, 2.05) is 26.1 Å². The van der Waals surface area contributed by atoms with Gasteiger partial charge in [0, 0.05) is 18.7 Å². The minimum atomic E-state index is -0.0557. The zero-order chi connectivity index (χ0) is 14.0. The summed E-state index contributed by atoms with van der Waals surface area (Å²) < 4.78 is 5.44. The van der Waals surface area contributed by atoms with Crippen LogP contribution in [0.4, 0.5) is 5.13 Å². The lowest BCUT2D eigenvalue weighted by Gasteiger charge is -2.10. The maximum Gasteiger partial charge on any atom is 0.183 e. The van der Waals surface area contributed by atoms with Crippen molar-refractivity contribution in [1.29, 1.82) is 0 Å². The molecule has 4 nitrogen and oxygen atoms in total. The van der Waals surface area contributed by atoms with Crippen LogP contribution < -0.4 is 15.8 Å². The highest BCUT2D eigenvalue weighted by atomic mass is 32.1. The molecule has 0 aliphatic rings. The van der Waals surface area contributed by atoms with Crippen molar-refractivity contribution in [2.75, 3.05) is 19.5 Å². The van der Waals surface area contributed by atoms with Crippen molar-refractivity contribution < 1.29 is 4.74 Å². The number of methoxy groups -OCH3 is 1. The van der Waals surface area contributed by atoms with Crippen LogP contribution in [0, 0.1) is 6.92 Å². The number of aryl methyl sites for hydroxylation is 1. The average molecular weight is 277 g/mol. The van der Waals surface area contributed by atoms with Crippen LogP contribution in [-0.4, -0.2) is 19.1 Å². The van der Waals surface area contributed by atoms with E-state index in [2.05, 4.69) is 23.3 Å². The summed E-state index contributed by atoms with van der Waals surface area (Å²) in [6.07, 6.45) is 0. The molecule has 0 saturated carbocycles. The Kier molecular flexibility index (Phi) is 4.07. The van der Waals surface area contributed by atoms with Gasteiger partial charge in [-0.3, -0.25) is 0 Å². The fraction of sp³-hybridized carbons (Fsp3) is 0.357. The lowest BCUT2D eigenvalue weighted by Crippen LogP contribution is -2.04. The zero-order valence-corrected chi connectivity index (χ0v) is 12.5. The minimum absolute atomic E-state index is 0.0557. The molecule has 19 heavy (non-hydrogen) atoms. The highest BCUT2D eigenvalue weighted by Crippen LogP contribution is 2.39. The first-order valence-corrected chi connectivity index (χ1v) is 6.97. The van der Waals surface area contributed by atoms with Gasteiger partial charge in [0.15, 0.2) is 5.13 Å². The second-order valence-electron chi connectivity index (χ2n) is 4.47. The standard InChI is InChI=1S/C14H19N3OS/c1-8-5-6-11(18-4)10(7-8)12-13(9(2)15)19-14(16-3)17-12/h5-7,9H,15H2,1-4H3,(H,16,17). The van der Waals surface area contributed by atoms with Crippen LogP contribution in [0.1, 0.15) is 23.4 Å². The fourth-order valence-corrected chi connectivity index (χ4v) is 2.83. The summed E-state index contributed by atoms with van der Waals surface area (Å²) in [5, 5.41) is 3.94. The average Bonchev–Trinajstić information content (AvgIpc) is 2.83. The topological polar surface area (TPSA) is 60.2 Å². The zero-order valence-electron chi connectivity index (χ0n) is 11.7. The highest BCUT2D eigenvalue weighted by molar-refractivity contribution is 7.16. The normalized spacial score (nSPS) is 12.3.